The lowest BCUT2D eigenvalue weighted by molar-refractivity contribution is -0.122. The van der Waals surface area contributed by atoms with Gasteiger partial charge in [0, 0.05) is 12.1 Å². The smallest absolute Gasteiger partial charge is 0.266 e. The molecule has 1 aromatic rings. The van der Waals surface area contributed by atoms with Gasteiger partial charge >= 0.3 is 0 Å². The van der Waals surface area contributed by atoms with Gasteiger partial charge in [-0.2, -0.15) is 0 Å². The van der Waals surface area contributed by atoms with Gasteiger partial charge in [0.05, 0.1) is 11.5 Å². The van der Waals surface area contributed by atoms with E-state index in [-0.39, 0.29) is 11.7 Å². The van der Waals surface area contributed by atoms with E-state index < -0.39 is 0 Å². The fourth-order valence-electron chi connectivity index (χ4n) is 3.55. The Kier molecular flexibility index (Phi) is 6.59. The van der Waals surface area contributed by atoms with E-state index in [9.17, 15) is 9.90 Å². The highest BCUT2D eigenvalue weighted by atomic mass is 32.2. The van der Waals surface area contributed by atoms with E-state index in [1.54, 1.807) is 29.2 Å². The van der Waals surface area contributed by atoms with Gasteiger partial charge in [0.1, 0.15) is 4.32 Å². The predicted molar refractivity (Wildman–Crippen MR) is 110 cm³/mol. The summed E-state index contributed by atoms with van der Waals surface area (Å²) in [6.07, 6.45) is 9.20. The molecule has 0 aromatic heterocycles. The van der Waals surface area contributed by atoms with Crippen LogP contribution < -0.4 is 4.74 Å². The minimum Gasteiger partial charge on any atom is -0.504 e. The van der Waals surface area contributed by atoms with E-state index in [0.29, 0.717) is 39.6 Å². The number of carbonyl (C=O) groups excluding carboxylic acids is 1. The standard InChI is InChI=1S/C20H25NO3S2/c1-2-24-16-10-6-9-15(18(16)22)13-17-19(23)21(20(25)26-17)12-11-14-7-4-3-5-8-14/h6,9-10,13-14,22H,2-5,7-8,11-12H2,1H3/b17-13-. The Hall–Kier alpha value is -1.53. The first-order valence-electron chi connectivity index (χ1n) is 9.30. The van der Waals surface area contributed by atoms with Crippen LogP contribution in [0, 0.1) is 5.92 Å². The first-order chi connectivity index (χ1) is 12.6. The first-order valence-corrected chi connectivity index (χ1v) is 10.5. The molecule has 26 heavy (non-hydrogen) atoms. The lowest BCUT2D eigenvalue weighted by atomic mass is 9.87. The molecule has 6 heteroatoms. The van der Waals surface area contributed by atoms with E-state index in [2.05, 4.69) is 0 Å². The third-order valence-corrected chi connectivity index (χ3v) is 6.35. The summed E-state index contributed by atoms with van der Waals surface area (Å²) in [6, 6.07) is 5.29. The Morgan fingerprint density at radius 2 is 2.12 bits per heavy atom. The van der Waals surface area contributed by atoms with Crippen LogP contribution in [0.25, 0.3) is 6.08 Å². The predicted octanol–water partition coefficient (Wildman–Crippen LogP) is 4.96. The van der Waals surface area contributed by atoms with Crippen molar-refractivity contribution in [2.75, 3.05) is 13.2 Å². The number of thiocarbonyl (C=S) groups is 1. The van der Waals surface area contributed by atoms with E-state index in [1.165, 1.54) is 43.9 Å². The second-order valence-corrected chi connectivity index (χ2v) is 8.43. The molecule has 3 rings (SSSR count). The van der Waals surface area contributed by atoms with Crippen LogP contribution in [-0.2, 0) is 4.79 Å². The number of amides is 1. The summed E-state index contributed by atoms with van der Waals surface area (Å²) in [5.41, 5.74) is 0.573. The molecule has 1 saturated carbocycles. The average molecular weight is 392 g/mol. The first kappa shape index (κ1) is 19.2. The number of hydrogen-bond acceptors (Lipinski definition) is 5. The maximum Gasteiger partial charge on any atom is 0.266 e. The molecule has 1 aliphatic heterocycles. The van der Waals surface area contributed by atoms with Crippen LogP contribution in [0.1, 0.15) is 51.0 Å². The van der Waals surface area contributed by atoms with Crippen LogP contribution in [0.4, 0.5) is 0 Å². The zero-order valence-corrected chi connectivity index (χ0v) is 16.7. The van der Waals surface area contributed by atoms with Gasteiger partial charge in [-0.1, -0.05) is 68.2 Å². The minimum absolute atomic E-state index is 0.0572. The summed E-state index contributed by atoms with van der Waals surface area (Å²) in [5, 5.41) is 10.3. The largest absolute Gasteiger partial charge is 0.504 e. The van der Waals surface area contributed by atoms with Gasteiger partial charge in [-0.15, -0.1) is 0 Å². The fraction of sp³-hybridized carbons (Fsp3) is 0.500. The molecule has 0 spiro atoms. The molecule has 0 unspecified atom stereocenters. The molecule has 140 valence electrons. The fourth-order valence-corrected chi connectivity index (χ4v) is 4.85. The number of hydrogen-bond donors (Lipinski definition) is 1. The lowest BCUT2D eigenvalue weighted by Gasteiger charge is -2.23. The Morgan fingerprint density at radius 1 is 1.35 bits per heavy atom. The van der Waals surface area contributed by atoms with Crippen molar-refractivity contribution in [2.24, 2.45) is 5.92 Å². The molecule has 1 aliphatic carbocycles. The van der Waals surface area contributed by atoms with Crippen molar-refractivity contribution in [3.63, 3.8) is 0 Å². The molecular weight excluding hydrogens is 366 g/mol. The summed E-state index contributed by atoms with van der Waals surface area (Å²) < 4.78 is 6.02. The van der Waals surface area contributed by atoms with Crippen LogP contribution in [0.15, 0.2) is 23.1 Å². The van der Waals surface area contributed by atoms with Gasteiger partial charge < -0.3 is 9.84 Å². The molecule has 0 bridgehead atoms. The molecule has 2 aliphatic rings. The van der Waals surface area contributed by atoms with E-state index in [4.69, 9.17) is 17.0 Å². The zero-order chi connectivity index (χ0) is 18.5. The van der Waals surface area contributed by atoms with Gasteiger partial charge in [0.2, 0.25) is 0 Å². The van der Waals surface area contributed by atoms with Crippen LogP contribution in [-0.4, -0.2) is 33.4 Å². The number of rotatable bonds is 6. The number of ether oxygens (including phenoxy) is 1. The summed E-state index contributed by atoms with van der Waals surface area (Å²) in [6.45, 7) is 3.03. The Morgan fingerprint density at radius 3 is 2.85 bits per heavy atom. The SMILES string of the molecule is CCOc1cccc(/C=C2\SC(=S)N(CCC3CCCCC3)C2=O)c1O. The summed E-state index contributed by atoms with van der Waals surface area (Å²) in [7, 11) is 0. The quantitative estimate of drug-likeness (QED) is 0.548. The van der Waals surface area contributed by atoms with E-state index in [0.717, 1.165) is 6.42 Å². The average Bonchev–Trinajstić information content (AvgIpc) is 2.91. The molecule has 1 N–H and O–H groups in total. The lowest BCUT2D eigenvalue weighted by Crippen LogP contribution is -2.30. The van der Waals surface area contributed by atoms with Crippen LogP contribution in [0.2, 0.25) is 0 Å². The van der Waals surface area contributed by atoms with Gasteiger partial charge in [0.15, 0.2) is 11.5 Å². The summed E-state index contributed by atoms with van der Waals surface area (Å²) in [5.74, 6) is 1.14. The monoisotopic (exact) mass is 391 g/mol. The molecule has 1 aromatic carbocycles. The van der Waals surface area contributed by atoms with Crippen molar-refractivity contribution in [3.8, 4) is 11.5 Å². The Labute approximate surface area is 164 Å². The van der Waals surface area contributed by atoms with Gasteiger partial charge in [-0.3, -0.25) is 9.69 Å². The topological polar surface area (TPSA) is 49.8 Å². The minimum atomic E-state index is -0.0583. The molecule has 2 fully saturated rings. The number of thioether (sulfide) groups is 1. The Balaban J connectivity index is 1.70. The number of carbonyl (C=O) groups is 1. The summed E-state index contributed by atoms with van der Waals surface area (Å²) >= 11 is 6.73. The number of para-hydroxylation sites is 1. The van der Waals surface area contributed by atoms with Crippen LogP contribution in [0.3, 0.4) is 0 Å². The highest BCUT2D eigenvalue weighted by Crippen LogP contribution is 2.37. The highest BCUT2D eigenvalue weighted by Gasteiger charge is 2.32. The van der Waals surface area contributed by atoms with Gasteiger partial charge in [-0.05, 0) is 31.4 Å². The van der Waals surface area contributed by atoms with Crippen molar-refractivity contribution in [1.82, 2.24) is 4.90 Å². The third kappa shape index (κ3) is 4.41. The van der Waals surface area contributed by atoms with Gasteiger partial charge in [0.25, 0.3) is 5.91 Å². The molecule has 1 amide bonds. The Bertz CT molecular complexity index is 711. The van der Waals surface area contributed by atoms with Gasteiger partial charge in [-0.25, -0.2) is 0 Å². The number of benzene rings is 1. The molecule has 1 heterocycles. The number of phenols is 1. The summed E-state index contributed by atoms with van der Waals surface area (Å²) in [4.78, 5) is 15.0. The third-order valence-electron chi connectivity index (χ3n) is 4.98. The normalized spacial score (nSPS) is 20.2. The van der Waals surface area contributed by atoms with Crippen molar-refractivity contribution in [2.45, 2.75) is 45.4 Å². The molecule has 4 nitrogen and oxygen atoms in total. The van der Waals surface area contributed by atoms with Crippen molar-refractivity contribution >= 4 is 40.3 Å². The molecule has 1 saturated heterocycles. The van der Waals surface area contributed by atoms with Crippen molar-refractivity contribution < 1.29 is 14.6 Å². The number of phenolic OH excluding ortho intramolecular Hbond substituents is 1. The van der Waals surface area contributed by atoms with Crippen LogP contribution in [0.5, 0.6) is 11.5 Å². The molecule has 0 atom stereocenters. The zero-order valence-electron chi connectivity index (χ0n) is 15.1. The van der Waals surface area contributed by atoms with E-state index >= 15 is 0 Å². The maximum absolute atomic E-state index is 12.8. The molecular formula is C20H25NO3S2. The second kappa shape index (κ2) is 8.91. The van der Waals surface area contributed by atoms with E-state index in [1.807, 2.05) is 6.92 Å². The van der Waals surface area contributed by atoms with Crippen LogP contribution >= 0.6 is 24.0 Å². The highest BCUT2D eigenvalue weighted by molar-refractivity contribution is 8.26. The molecule has 0 radical (unpaired) electrons. The number of aromatic hydroxyl groups is 1. The second-order valence-electron chi connectivity index (χ2n) is 6.75. The maximum atomic E-state index is 12.8. The van der Waals surface area contributed by atoms with Crippen molar-refractivity contribution in [3.05, 3.63) is 28.7 Å². The van der Waals surface area contributed by atoms with Crippen molar-refractivity contribution in [1.29, 1.82) is 0 Å². The number of nitrogens with zero attached hydrogens (tertiary/aromatic N) is 1.